The second kappa shape index (κ2) is 4.95. The lowest BCUT2D eigenvalue weighted by molar-refractivity contribution is -0.246. The van der Waals surface area contributed by atoms with E-state index < -0.39 is 5.79 Å². The number of aromatic nitrogens is 3. The number of ether oxygens (including phenoxy) is 2. The van der Waals surface area contributed by atoms with E-state index in [1.54, 1.807) is 37.3 Å². The van der Waals surface area contributed by atoms with Crippen LogP contribution in [0, 0.1) is 0 Å². The molecule has 1 aliphatic carbocycles. The van der Waals surface area contributed by atoms with Crippen molar-refractivity contribution in [2.45, 2.75) is 29.0 Å². The number of para-hydroxylation sites is 1. The first-order chi connectivity index (χ1) is 10.2. The van der Waals surface area contributed by atoms with E-state index in [2.05, 4.69) is 32.8 Å². The Kier molecular flexibility index (Phi) is 3.18. The van der Waals surface area contributed by atoms with Gasteiger partial charge in [-0.15, -0.1) is 10.2 Å². The lowest BCUT2D eigenvalue weighted by Crippen LogP contribution is -2.48. The molecule has 0 spiro atoms. The molecule has 0 amide bonds. The van der Waals surface area contributed by atoms with Crippen LogP contribution in [-0.2, 0) is 9.47 Å². The molecule has 0 radical (unpaired) electrons. The van der Waals surface area contributed by atoms with Crippen molar-refractivity contribution >= 4 is 38.3 Å². The molecule has 2 heterocycles. The highest BCUT2D eigenvalue weighted by molar-refractivity contribution is 7.99. The first-order valence-electron chi connectivity index (χ1n) is 6.74. The maximum Gasteiger partial charge on any atom is 0.217 e. The van der Waals surface area contributed by atoms with Gasteiger partial charge in [0.15, 0.2) is 10.9 Å². The second-order valence-electron chi connectivity index (χ2n) is 5.14. The molecule has 0 atom stereocenters. The molecule has 4 rings (SSSR count). The molecule has 0 bridgehead atoms. The van der Waals surface area contributed by atoms with Crippen LogP contribution in [0.25, 0.3) is 15.2 Å². The average molecular weight is 321 g/mol. The second-order valence-corrected chi connectivity index (χ2v) is 7.41. The predicted molar refractivity (Wildman–Crippen MR) is 84.0 cm³/mol. The highest BCUT2D eigenvalue weighted by Gasteiger charge is 2.46. The number of thiazole rings is 1. The summed E-state index contributed by atoms with van der Waals surface area (Å²) in [7, 11) is 3.40. The molecule has 1 aliphatic rings. The number of fused-ring (bicyclic) bond motifs is 3. The van der Waals surface area contributed by atoms with Gasteiger partial charge >= 0.3 is 0 Å². The van der Waals surface area contributed by atoms with E-state index in [0.717, 1.165) is 23.0 Å². The van der Waals surface area contributed by atoms with E-state index in [0.29, 0.717) is 5.25 Å². The number of hydrogen-bond donors (Lipinski definition) is 0. The number of rotatable bonds is 4. The fourth-order valence-electron chi connectivity index (χ4n) is 2.71. The molecule has 1 saturated carbocycles. The maximum atomic E-state index is 5.44. The average Bonchev–Trinajstić information content (AvgIpc) is 3.02. The van der Waals surface area contributed by atoms with Gasteiger partial charge in [0, 0.05) is 32.3 Å². The summed E-state index contributed by atoms with van der Waals surface area (Å²) in [4.78, 5) is 0.947. The summed E-state index contributed by atoms with van der Waals surface area (Å²) in [6, 6.07) is 8.33. The summed E-state index contributed by atoms with van der Waals surface area (Å²) in [6.07, 6.45) is 1.75. The molecule has 1 aromatic carbocycles. The van der Waals surface area contributed by atoms with E-state index in [1.165, 1.54) is 10.2 Å². The molecule has 3 aromatic rings. The van der Waals surface area contributed by atoms with Crippen molar-refractivity contribution in [1.82, 2.24) is 14.6 Å². The molecule has 0 N–H and O–H groups in total. The SMILES string of the molecule is COC1(OC)CC(Sc2nnc3sc4ccccc4n23)C1. The monoisotopic (exact) mass is 321 g/mol. The molecule has 0 saturated heterocycles. The lowest BCUT2D eigenvalue weighted by atomic mass is 9.90. The van der Waals surface area contributed by atoms with Gasteiger partial charge < -0.3 is 9.47 Å². The number of methoxy groups -OCH3 is 2. The Morgan fingerprint density at radius 2 is 2.00 bits per heavy atom. The van der Waals surface area contributed by atoms with Crippen LogP contribution in [0.15, 0.2) is 29.4 Å². The summed E-state index contributed by atoms with van der Waals surface area (Å²) in [5.74, 6) is -0.405. The van der Waals surface area contributed by atoms with Gasteiger partial charge in [0.25, 0.3) is 0 Å². The number of hydrogen-bond acceptors (Lipinski definition) is 6. The highest BCUT2D eigenvalue weighted by atomic mass is 32.2. The molecule has 5 nitrogen and oxygen atoms in total. The molecule has 0 unspecified atom stereocenters. The van der Waals surface area contributed by atoms with Crippen LogP contribution >= 0.6 is 23.1 Å². The van der Waals surface area contributed by atoms with Crippen LogP contribution in [0.4, 0.5) is 0 Å². The van der Waals surface area contributed by atoms with Gasteiger partial charge in [-0.3, -0.25) is 4.40 Å². The van der Waals surface area contributed by atoms with Gasteiger partial charge in [-0.25, -0.2) is 0 Å². The summed E-state index contributed by atoms with van der Waals surface area (Å²) < 4.78 is 14.3. The van der Waals surface area contributed by atoms with Crippen molar-refractivity contribution in [1.29, 1.82) is 0 Å². The fraction of sp³-hybridized carbons (Fsp3) is 0.429. The fourth-order valence-corrected chi connectivity index (χ4v) is 5.09. The largest absolute Gasteiger partial charge is 0.353 e. The third kappa shape index (κ3) is 2.07. The predicted octanol–water partition coefficient (Wildman–Crippen LogP) is 3.19. The van der Waals surface area contributed by atoms with Crippen molar-refractivity contribution in [3.05, 3.63) is 24.3 Å². The Bertz CT molecular complexity index is 786. The van der Waals surface area contributed by atoms with Gasteiger partial charge in [0.1, 0.15) is 0 Å². The van der Waals surface area contributed by atoms with Gasteiger partial charge in [-0.1, -0.05) is 35.2 Å². The number of nitrogens with zero attached hydrogens (tertiary/aromatic N) is 3. The normalized spacial score (nSPS) is 18.4. The molecular weight excluding hydrogens is 306 g/mol. The Morgan fingerprint density at radius 1 is 1.24 bits per heavy atom. The summed E-state index contributed by atoms with van der Waals surface area (Å²) in [5, 5.41) is 10.0. The molecule has 0 aliphatic heterocycles. The first kappa shape index (κ1) is 13.5. The van der Waals surface area contributed by atoms with Gasteiger partial charge in [0.2, 0.25) is 4.96 Å². The zero-order valence-electron chi connectivity index (χ0n) is 11.8. The van der Waals surface area contributed by atoms with Crippen molar-refractivity contribution in [3.8, 4) is 0 Å². The molecule has 2 aromatic heterocycles. The van der Waals surface area contributed by atoms with E-state index in [9.17, 15) is 0 Å². The Hall–Kier alpha value is -1.15. The molecular formula is C14H15N3O2S2. The Balaban J connectivity index is 1.63. The standard InChI is InChI=1S/C14H15N3O2S2/c1-18-14(19-2)7-9(8-14)20-12-15-16-13-17(12)10-5-3-4-6-11(10)21-13/h3-6,9H,7-8H2,1-2H3. The van der Waals surface area contributed by atoms with Crippen molar-refractivity contribution in [2.75, 3.05) is 14.2 Å². The minimum Gasteiger partial charge on any atom is -0.353 e. The van der Waals surface area contributed by atoms with Gasteiger partial charge in [-0.2, -0.15) is 0 Å². The number of thioether (sulfide) groups is 1. The Labute approximate surface area is 130 Å². The van der Waals surface area contributed by atoms with Crippen LogP contribution in [0.3, 0.4) is 0 Å². The quantitative estimate of drug-likeness (QED) is 0.691. The minimum absolute atomic E-state index is 0.405. The summed E-state index contributed by atoms with van der Waals surface area (Å²) in [6.45, 7) is 0. The van der Waals surface area contributed by atoms with Crippen LogP contribution < -0.4 is 0 Å². The van der Waals surface area contributed by atoms with Crippen LogP contribution in [0.1, 0.15) is 12.8 Å². The minimum atomic E-state index is -0.405. The zero-order valence-corrected chi connectivity index (χ0v) is 13.4. The van der Waals surface area contributed by atoms with Gasteiger partial charge in [0.05, 0.1) is 10.2 Å². The van der Waals surface area contributed by atoms with E-state index in [1.807, 2.05) is 6.07 Å². The third-order valence-electron chi connectivity index (χ3n) is 4.00. The van der Waals surface area contributed by atoms with E-state index in [4.69, 9.17) is 9.47 Å². The lowest BCUT2D eigenvalue weighted by Gasteiger charge is -2.44. The summed E-state index contributed by atoms with van der Waals surface area (Å²) in [5.41, 5.74) is 1.18. The van der Waals surface area contributed by atoms with Crippen molar-refractivity contribution < 1.29 is 9.47 Å². The number of benzene rings is 1. The zero-order chi connectivity index (χ0) is 14.4. The topological polar surface area (TPSA) is 48.7 Å². The molecule has 110 valence electrons. The summed E-state index contributed by atoms with van der Waals surface area (Å²) >= 11 is 3.43. The molecule has 7 heteroatoms. The third-order valence-corrected chi connectivity index (χ3v) is 6.16. The smallest absolute Gasteiger partial charge is 0.217 e. The van der Waals surface area contributed by atoms with Gasteiger partial charge in [-0.05, 0) is 12.1 Å². The van der Waals surface area contributed by atoms with E-state index in [-0.39, 0.29) is 0 Å². The first-order valence-corrected chi connectivity index (χ1v) is 8.44. The van der Waals surface area contributed by atoms with Crippen molar-refractivity contribution in [2.24, 2.45) is 0 Å². The van der Waals surface area contributed by atoms with Crippen LogP contribution in [-0.4, -0.2) is 39.9 Å². The highest BCUT2D eigenvalue weighted by Crippen LogP contribution is 2.45. The molecule has 1 fully saturated rings. The Morgan fingerprint density at radius 3 is 2.76 bits per heavy atom. The van der Waals surface area contributed by atoms with E-state index >= 15 is 0 Å². The van der Waals surface area contributed by atoms with Crippen LogP contribution in [0.5, 0.6) is 0 Å². The maximum absolute atomic E-state index is 5.44. The van der Waals surface area contributed by atoms with Crippen LogP contribution in [0.2, 0.25) is 0 Å². The van der Waals surface area contributed by atoms with Crippen molar-refractivity contribution in [3.63, 3.8) is 0 Å². The molecule has 21 heavy (non-hydrogen) atoms.